The van der Waals surface area contributed by atoms with E-state index in [0.29, 0.717) is 15.7 Å². The summed E-state index contributed by atoms with van der Waals surface area (Å²) < 4.78 is 0. The zero-order valence-electron chi connectivity index (χ0n) is 12.0. The molecule has 0 aliphatic rings. The average molecular weight is 339 g/mol. The molecule has 4 nitrogen and oxygen atoms in total. The van der Waals surface area contributed by atoms with Crippen LogP contribution in [0.3, 0.4) is 0 Å². The largest absolute Gasteiger partial charge is 0.395 e. The normalized spacial score (nSPS) is 10.4. The number of carbonyl (C=O) groups is 1. The van der Waals surface area contributed by atoms with Crippen molar-refractivity contribution in [2.45, 2.75) is 6.92 Å². The number of aliphatic hydroxyl groups excluding tert-OH is 1. The first-order chi connectivity index (χ1) is 10.5. The van der Waals surface area contributed by atoms with Gasteiger partial charge in [-0.3, -0.25) is 4.90 Å². The smallest absolute Gasteiger partial charge is 0.326 e. The van der Waals surface area contributed by atoms with E-state index < -0.39 is 0 Å². The molecule has 0 saturated heterocycles. The van der Waals surface area contributed by atoms with Crippen LogP contribution in [0.1, 0.15) is 5.56 Å². The number of carbonyl (C=O) groups excluding carboxylic acids is 1. The first-order valence-electron chi connectivity index (χ1n) is 6.73. The van der Waals surface area contributed by atoms with Gasteiger partial charge in [0.05, 0.1) is 23.2 Å². The summed E-state index contributed by atoms with van der Waals surface area (Å²) in [5.74, 6) is 0. The Morgan fingerprint density at radius 3 is 2.55 bits per heavy atom. The fourth-order valence-electron chi connectivity index (χ4n) is 2.06. The number of nitrogens with zero attached hydrogens (tertiary/aromatic N) is 1. The third kappa shape index (κ3) is 3.91. The lowest BCUT2D eigenvalue weighted by Crippen LogP contribution is -2.37. The summed E-state index contributed by atoms with van der Waals surface area (Å²) in [7, 11) is 0. The SMILES string of the molecule is Cc1ccccc1N(CCO)C(=O)Nc1ccc(Cl)c(Cl)c1. The third-order valence-electron chi connectivity index (χ3n) is 3.15. The Morgan fingerprint density at radius 1 is 1.18 bits per heavy atom. The minimum atomic E-state index is -0.346. The van der Waals surface area contributed by atoms with Gasteiger partial charge in [-0.05, 0) is 36.8 Å². The van der Waals surface area contributed by atoms with Crippen molar-refractivity contribution >= 4 is 40.6 Å². The third-order valence-corrected chi connectivity index (χ3v) is 3.88. The highest BCUT2D eigenvalue weighted by molar-refractivity contribution is 6.42. The van der Waals surface area contributed by atoms with E-state index in [2.05, 4.69) is 5.32 Å². The monoisotopic (exact) mass is 338 g/mol. The number of rotatable bonds is 4. The highest BCUT2D eigenvalue weighted by Crippen LogP contribution is 2.26. The van der Waals surface area contributed by atoms with Crippen molar-refractivity contribution in [3.63, 3.8) is 0 Å². The van der Waals surface area contributed by atoms with Gasteiger partial charge >= 0.3 is 6.03 Å². The van der Waals surface area contributed by atoms with E-state index in [1.54, 1.807) is 18.2 Å². The Kier molecular flexibility index (Phi) is 5.66. The summed E-state index contributed by atoms with van der Waals surface area (Å²) in [4.78, 5) is 14.0. The van der Waals surface area contributed by atoms with E-state index in [9.17, 15) is 9.90 Å². The van der Waals surface area contributed by atoms with Gasteiger partial charge in [-0.25, -0.2) is 4.79 Å². The molecule has 0 bridgehead atoms. The molecule has 0 spiro atoms. The Morgan fingerprint density at radius 2 is 1.91 bits per heavy atom. The topological polar surface area (TPSA) is 52.6 Å². The predicted molar refractivity (Wildman–Crippen MR) is 91.1 cm³/mol. The molecule has 0 atom stereocenters. The molecule has 116 valence electrons. The van der Waals surface area contributed by atoms with Crippen LogP contribution < -0.4 is 10.2 Å². The Labute approximate surface area is 139 Å². The molecule has 0 aliphatic heterocycles. The molecule has 0 aromatic heterocycles. The van der Waals surface area contributed by atoms with Crippen molar-refractivity contribution in [3.05, 3.63) is 58.1 Å². The van der Waals surface area contributed by atoms with Crippen LogP contribution in [0.4, 0.5) is 16.2 Å². The summed E-state index contributed by atoms with van der Waals surface area (Å²) in [6, 6.07) is 12.0. The van der Waals surface area contributed by atoms with E-state index in [1.165, 1.54) is 4.90 Å². The standard InChI is InChI=1S/C16H16Cl2N2O2/c1-11-4-2-3-5-15(11)20(8-9-21)16(22)19-12-6-7-13(17)14(18)10-12/h2-7,10,21H,8-9H2,1H3,(H,19,22). The van der Waals surface area contributed by atoms with Gasteiger partial charge in [0.1, 0.15) is 0 Å². The van der Waals surface area contributed by atoms with Gasteiger partial charge in [-0.1, -0.05) is 41.4 Å². The van der Waals surface area contributed by atoms with Crippen LogP contribution in [0.2, 0.25) is 10.0 Å². The van der Waals surface area contributed by atoms with Gasteiger partial charge in [-0.2, -0.15) is 0 Å². The lowest BCUT2D eigenvalue weighted by molar-refractivity contribution is 0.252. The van der Waals surface area contributed by atoms with Crippen LogP contribution >= 0.6 is 23.2 Å². The molecule has 6 heteroatoms. The molecule has 2 amide bonds. The summed E-state index contributed by atoms with van der Waals surface area (Å²) in [6.45, 7) is 1.97. The van der Waals surface area contributed by atoms with Gasteiger partial charge in [-0.15, -0.1) is 0 Å². The molecule has 0 saturated carbocycles. The lowest BCUT2D eigenvalue weighted by Gasteiger charge is -2.24. The van der Waals surface area contributed by atoms with Crippen LogP contribution in [0.15, 0.2) is 42.5 Å². The molecular formula is C16H16Cl2N2O2. The van der Waals surface area contributed by atoms with E-state index >= 15 is 0 Å². The van der Waals surface area contributed by atoms with Gasteiger partial charge in [0.2, 0.25) is 0 Å². The number of nitrogens with one attached hydrogen (secondary N) is 1. The Balaban J connectivity index is 2.23. The second kappa shape index (κ2) is 7.49. The molecule has 2 N–H and O–H groups in total. The molecule has 0 unspecified atom stereocenters. The number of amides is 2. The fraction of sp³-hybridized carbons (Fsp3) is 0.188. The molecule has 0 aliphatic carbocycles. The zero-order valence-corrected chi connectivity index (χ0v) is 13.5. The summed E-state index contributed by atoms with van der Waals surface area (Å²) >= 11 is 11.8. The quantitative estimate of drug-likeness (QED) is 0.871. The number of para-hydroxylation sites is 1. The second-order valence-electron chi connectivity index (χ2n) is 4.72. The highest BCUT2D eigenvalue weighted by atomic mass is 35.5. The lowest BCUT2D eigenvalue weighted by atomic mass is 10.2. The fourth-order valence-corrected chi connectivity index (χ4v) is 2.36. The van der Waals surface area contributed by atoms with Gasteiger partial charge < -0.3 is 10.4 Å². The molecule has 2 aromatic carbocycles. The van der Waals surface area contributed by atoms with Gasteiger partial charge in [0.25, 0.3) is 0 Å². The van der Waals surface area contributed by atoms with Crippen LogP contribution in [-0.4, -0.2) is 24.3 Å². The number of aryl methyl sites for hydroxylation is 1. The zero-order chi connectivity index (χ0) is 16.1. The summed E-state index contributed by atoms with van der Waals surface area (Å²) in [5.41, 5.74) is 2.23. The number of anilines is 2. The van der Waals surface area contributed by atoms with E-state index in [1.807, 2.05) is 31.2 Å². The maximum atomic E-state index is 12.5. The number of hydrogen-bond donors (Lipinski definition) is 2. The molecule has 0 heterocycles. The number of halogens is 2. The summed E-state index contributed by atoms with van der Waals surface area (Å²) in [5, 5.41) is 12.8. The predicted octanol–water partition coefficient (Wildman–Crippen LogP) is 4.33. The molecule has 0 fully saturated rings. The average Bonchev–Trinajstić information content (AvgIpc) is 2.49. The number of hydrogen-bond acceptors (Lipinski definition) is 2. The number of benzene rings is 2. The van der Waals surface area contributed by atoms with Crippen LogP contribution in [-0.2, 0) is 0 Å². The van der Waals surface area contributed by atoms with E-state index in [0.717, 1.165) is 11.3 Å². The van der Waals surface area contributed by atoms with Crippen molar-refractivity contribution in [2.24, 2.45) is 0 Å². The van der Waals surface area contributed by atoms with Crippen molar-refractivity contribution in [1.29, 1.82) is 0 Å². The molecule has 22 heavy (non-hydrogen) atoms. The highest BCUT2D eigenvalue weighted by Gasteiger charge is 2.17. The van der Waals surface area contributed by atoms with Crippen molar-refractivity contribution in [1.82, 2.24) is 0 Å². The number of urea groups is 1. The molecular weight excluding hydrogens is 323 g/mol. The van der Waals surface area contributed by atoms with Gasteiger partial charge in [0, 0.05) is 11.4 Å². The van der Waals surface area contributed by atoms with Crippen LogP contribution in [0, 0.1) is 6.92 Å². The molecule has 2 rings (SSSR count). The first kappa shape index (κ1) is 16.6. The van der Waals surface area contributed by atoms with E-state index in [4.69, 9.17) is 23.2 Å². The minimum Gasteiger partial charge on any atom is -0.395 e. The Bertz CT molecular complexity index is 677. The van der Waals surface area contributed by atoms with Crippen molar-refractivity contribution in [3.8, 4) is 0 Å². The van der Waals surface area contributed by atoms with Crippen LogP contribution in [0.25, 0.3) is 0 Å². The minimum absolute atomic E-state index is 0.136. The van der Waals surface area contributed by atoms with Crippen molar-refractivity contribution in [2.75, 3.05) is 23.4 Å². The summed E-state index contributed by atoms with van der Waals surface area (Å²) in [6.07, 6.45) is 0. The maximum absolute atomic E-state index is 12.5. The van der Waals surface area contributed by atoms with E-state index in [-0.39, 0.29) is 19.2 Å². The van der Waals surface area contributed by atoms with Crippen LogP contribution in [0.5, 0.6) is 0 Å². The molecule has 2 aromatic rings. The Hall–Kier alpha value is -1.75. The van der Waals surface area contributed by atoms with Gasteiger partial charge in [0.15, 0.2) is 0 Å². The first-order valence-corrected chi connectivity index (χ1v) is 7.48. The maximum Gasteiger partial charge on any atom is 0.326 e. The van der Waals surface area contributed by atoms with Crippen molar-refractivity contribution < 1.29 is 9.90 Å². The molecule has 0 radical (unpaired) electrons. The number of aliphatic hydroxyl groups is 1. The second-order valence-corrected chi connectivity index (χ2v) is 5.54.